The van der Waals surface area contributed by atoms with Crippen molar-refractivity contribution in [2.24, 2.45) is 4.99 Å². The van der Waals surface area contributed by atoms with E-state index in [-0.39, 0.29) is 0 Å². The summed E-state index contributed by atoms with van der Waals surface area (Å²) < 4.78 is 0. The van der Waals surface area contributed by atoms with Gasteiger partial charge in [0.25, 0.3) is 0 Å². The Hall–Kier alpha value is -1.09. The number of rotatable bonds is 3. The molecule has 0 bridgehead atoms. The van der Waals surface area contributed by atoms with Crippen LogP contribution in [0.3, 0.4) is 0 Å². The zero-order valence-corrected chi connectivity index (χ0v) is 7.71. The molecule has 0 saturated heterocycles. The van der Waals surface area contributed by atoms with Gasteiger partial charge in [0, 0.05) is 5.69 Å². The fourth-order valence-electron chi connectivity index (χ4n) is 0.731. The van der Waals surface area contributed by atoms with Crippen molar-refractivity contribution < 1.29 is 0 Å². The summed E-state index contributed by atoms with van der Waals surface area (Å²) in [4.78, 5) is 3.80. The molecule has 0 amide bonds. The third kappa shape index (κ3) is 2.51. The zero-order valence-electron chi connectivity index (χ0n) is 6.07. The second kappa shape index (κ2) is 4.72. The Morgan fingerprint density at radius 2 is 1.83 bits per heavy atom. The number of thiocarbonyl (C=S) groups is 2. The standard InChI is InChI=1S/C8H5N2S2/c11-5-9-7-1-2-8(4-3-7)10-6-12/h1-4H,(H,9,11). The first kappa shape index (κ1) is 9.00. The lowest BCUT2D eigenvalue weighted by atomic mass is 10.3. The predicted molar refractivity (Wildman–Crippen MR) is 57.3 cm³/mol. The van der Waals surface area contributed by atoms with Gasteiger partial charge in [-0.1, -0.05) is 12.2 Å². The van der Waals surface area contributed by atoms with Gasteiger partial charge >= 0.3 is 0 Å². The van der Waals surface area contributed by atoms with Crippen molar-refractivity contribution in [3.8, 4) is 0 Å². The molecule has 0 fully saturated rings. The van der Waals surface area contributed by atoms with E-state index >= 15 is 0 Å². The number of isothiocyanates is 1. The second-order valence-electron chi connectivity index (χ2n) is 1.98. The normalized spacial score (nSPS) is 8.33. The quantitative estimate of drug-likeness (QED) is 0.454. The molecule has 0 unspecified atom stereocenters. The zero-order chi connectivity index (χ0) is 8.81. The number of aliphatic imine (C=N–C) groups is 1. The molecule has 0 aliphatic heterocycles. The van der Waals surface area contributed by atoms with Gasteiger partial charge in [-0.2, -0.15) is 4.99 Å². The molecular formula is C8H5N2S2. The van der Waals surface area contributed by atoms with E-state index in [1.165, 1.54) is 0 Å². The van der Waals surface area contributed by atoms with Crippen molar-refractivity contribution >= 4 is 46.5 Å². The van der Waals surface area contributed by atoms with Crippen LogP contribution in [-0.4, -0.2) is 10.7 Å². The fraction of sp³-hybridized carbons (Fsp3) is 0. The van der Waals surface area contributed by atoms with Crippen LogP contribution in [0.5, 0.6) is 0 Å². The first-order valence-electron chi connectivity index (χ1n) is 3.18. The van der Waals surface area contributed by atoms with Crippen molar-refractivity contribution in [2.45, 2.75) is 0 Å². The highest BCUT2D eigenvalue weighted by Crippen LogP contribution is 2.14. The lowest BCUT2D eigenvalue weighted by Crippen LogP contribution is -1.89. The van der Waals surface area contributed by atoms with Crippen molar-refractivity contribution in [2.75, 3.05) is 5.32 Å². The summed E-state index contributed by atoms with van der Waals surface area (Å²) in [6.45, 7) is 0. The van der Waals surface area contributed by atoms with Gasteiger partial charge in [0.1, 0.15) is 5.49 Å². The summed E-state index contributed by atoms with van der Waals surface area (Å²) in [6, 6.07) is 7.30. The van der Waals surface area contributed by atoms with Crippen LogP contribution in [0.2, 0.25) is 0 Å². The van der Waals surface area contributed by atoms with Crippen molar-refractivity contribution in [1.29, 1.82) is 0 Å². The Kier molecular flexibility index (Phi) is 3.54. The maximum atomic E-state index is 4.50. The SMILES string of the molecule is S=[C]Nc1ccc(N=C=S)cc1. The first-order valence-corrected chi connectivity index (χ1v) is 3.99. The van der Waals surface area contributed by atoms with Gasteiger partial charge in [-0.25, -0.2) is 0 Å². The van der Waals surface area contributed by atoms with Crippen LogP contribution in [0, 0.1) is 0 Å². The maximum absolute atomic E-state index is 4.50. The molecule has 1 N–H and O–H groups in total. The minimum absolute atomic E-state index is 0.778. The molecule has 4 heteroatoms. The molecule has 0 heterocycles. The van der Waals surface area contributed by atoms with Crippen molar-refractivity contribution in [3.05, 3.63) is 24.3 Å². The summed E-state index contributed by atoms with van der Waals surface area (Å²) in [5.41, 5.74) is 4.06. The summed E-state index contributed by atoms with van der Waals surface area (Å²) in [5.74, 6) is 0. The molecule has 12 heavy (non-hydrogen) atoms. The lowest BCUT2D eigenvalue weighted by Gasteiger charge is -1.97. The Labute approximate surface area is 81.3 Å². The Balaban J connectivity index is 2.84. The van der Waals surface area contributed by atoms with Crippen LogP contribution in [0.1, 0.15) is 0 Å². The number of hydrogen-bond donors (Lipinski definition) is 1. The average Bonchev–Trinajstić information content (AvgIpc) is 2.09. The van der Waals surface area contributed by atoms with Gasteiger partial charge in [0.05, 0.1) is 10.8 Å². The van der Waals surface area contributed by atoms with Crippen molar-refractivity contribution in [3.63, 3.8) is 0 Å². The number of hydrogen-bond acceptors (Lipinski definition) is 3. The molecule has 2 nitrogen and oxygen atoms in total. The minimum Gasteiger partial charge on any atom is -0.344 e. The van der Waals surface area contributed by atoms with Gasteiger partial charge in [0.2, 0.25) is 0 Å². The Morgan fingerprint density at radius 3 is 2.33 bits per heavy atom. The molecule has 0 aliphatic rings. The number of nitrogens with one attached hydrogen (secondary N) is 1. The molecule has 1 aromatic rings. The number of nitrogens with zero attached hydrogens (tertiary/aromatic N) is 1. The largest absolute Gasteiger partial charge is 0.344 e. The molecule has 1 rings (SSSR count). The molecule has 0 aromatic heterocycles. The van der Waals surface area contributed by atoms with Crippen molar-refractivity contribution in [1.82, 2.24) is 0 Å². The maximum Gasteiger partial charge on any atom is 0.138 e. The minimum atomic E-state index is 0.778. The van der Waals surface area contributed by atoms with Crippen LogP contribution < -0.4 is 5.32 Å². The molecule has 0 saturated carbocycles. The first-order chi connectivity index (χ1) is 5.86. The van der Waals surface area contributed by atoms with E-state index in [2.05, 4.69) is 45.4 Å². The van der Waals surface area contributed by atoms with Crippen LogP contribution in [0.4, 0.5) is 11.4 Å². The fourth-order valence-corrected chi connectivity index (χ4v) is 0.954. The lowest BCUT2D eigenvalue weighted by molar-refractivity contribution is 1.54. The third-order valence-corrected chi connectivity index (χ3v) is 1.43. The molecule has 1 aromatic carbocycles. The second-order valence-corrected chi connectivity index (χ2v) is 2.36. The summed E-state index contributed by atoms with van der Waals surface area (Å²) in [7, 11) is 0. The van der Waals surface area contributed by atoms with E-state index in [9.17, 15) is 0 Å². The summed E-state index contributed by atoms with van der Waals surface area (Å²) in [5, 5.41) is 5.04. The topological polar surface area (TPSA) is 24.4 Å². The van der Waals surface area contributed by atoms with Gasteiger partial charge < -0.3 is 5.32 Å². The highest BCUT2D eigenvalue weighted by atomic mass is 32.1. The molecular weight excluding hydrogens is 188 g/mol. The monoisotopic (exact) mass is 193 g/mol. The summed E-state index contributed by atoms with van der Waals surface area (Å²) >= 11 is 8.96. The Morgan fingerprint density at radius 1 is 1.17 bits per heavy atom. The van der Waals surface area contributed by atoms with Gasteiger partial charge in [-0.15, -0.1) is 0 Å². The van der Waals surface area contributed by atoms with Crippen LogP contribution in [0.25, 0.3) is 0 Å². The van der Waals surface area contributed by atoms with Gasteiger partial charge in [-0.05, 0) is 36.5 Å². The molecule has 0 spiro atoms. The molecule has 0 aliphatic carbocycles. The number of benzene rings is 1. The van der Waals surface area contributed by atoms with Crippen LogP contribution >= 0.6 is 24.4 Å². The van der Waals surface area contributed by atoms with Crippen LogP contribution in [-0.2, 0) is 0 Å². The summed E-state index contributed by atoms with van der Waals surface area (Å²) in [6.07, 6.45) is 0. The van der Waals surface area contributed by atoms with Gasteiger partial charge in [-0.3, -0.25) is 0 Å². The third-order valence-electron chi connectivity index (χ3n) is 1.24. The molecule has 1 radical (unpaired) electrons. The van der Waals surface area contributed by atoms with E-state index < -0.39 is 0 Å². The van der Waals surface area contributed by atoms with Crippen LogP contribution in [0.15, 0.2) is 29.3 Å². The van der Waals surface area contributed by atoms with Gasteiger partial charge in [0.15, 0.2) is 0 Å². The Bertz CT molecular complexity index is 312. The van der Waals surface area contributed by atoms with E-state index in [1.807, 2.05) is 24.3 Å². The molecule has 59 valence electrons. The predicted octanol–water partition coefficient (Wildman–Crippen LogP) is 2.67. The highest BCUT2D eigenvalue weighted by molar-refractivity contribution is 7.79. The highest BCUT2D eigenvalue weighted by Gasteiger charge is 1.89. The van der Waals surface area contributed by atoms with E-state index in [4.69, 9.17) is 0 Å². The molecule has 0 atom stereocenters. The smallest absolute Gasteiger partial charge is 0.138 e. The average molecular weight is 193 g/mol. The van der Waals surface area contributed by atoms with E-state index in [1.54, 1.807) is 0 Å². The van der Waals surface area contributed by atoms with E-state index in [0.717, 1.165) is 11.4 Å². The number of anilines is 1. The van der Waals surface area contributed by atoms with E-state index in [0.29, 0.717) is 0 Å².